The molecule has 1 saturated heterocycles. The minimum absolute atomic E-state index is 0.0639. The zero-order chi connectivity index (χ0) is 19.4. The molecule has 1 N–H and O–H groups in total. The molecule has 1 fully saturated rings. The molecule has 3 rings (SSSR count). The lowest BCUT2D eigenvalue weighted by atomic mass is 10.2. The molecule has 2 aromatic carbocycles. The number of hydrogen-bond acceptors (Lipinski definition) is 4. The fourth-order valence-corrected chi connectivity index (χ4v) is 4.14. The molecular weight excluding hydrogens is 480 g/mol. The van der Waals surface area contributed by atoms with Crippen LogP contribution in [0.4, 0.5) is 15.8 Å². The van der Waals surface area contributed by atoms with E-state index in [0.717, 1.165) is 3.57 Å². The molecule has 1 aliphatic rings. The third-order valence-electron chi connectivity index (χ3n) is 3.89. The van der Waals surface area contributed by atoms with E-state index in [1.165, 1.54) is 23.9 Å². The summed E-state index contributed by atoms with van der Waals surface area (Å²) in [5, 5.41) is 2.82. The summed E-state index contributed by atoms with van der Waals surface area (Å²) in [6.45, 7) is 2.31. The number of carbonyl (C=O) groups excluding carboxylic acids is 2. The fourth-order valence-electron chi connectivity index (χ4n) is 2.56. The molecule has 1 heterocycles. The third-order valence-corrected chi connectivity index (χ3v) is 5.78. The van der Waals surface area contributed by atoms with Crippen molar-refractivity contribution in [2.24, 2.45) is 4.99 Å². The molecular formula is C19H17FIN3O2S. The van der Waals surface area contributed by atoms with Gasteiger partial charge in [-0.25, -0.2) is 9.38 Å². The minimum atomic E-state index is -0.520. The number of nitrogens with one attached hydrogen (secondary N) is 1. The van der Waals surface area contributed by atoms with Gasteiger partial charge in [-0.05, 0) is 78.0 Å². The number of amidine groups is 1. The lowest BCUT2D eigenvalue weighted by molar-refractivity contribution is -0.128. The average molecular weight is 497 g/mol. The van der Waals surface area contributed by atoms with Crippen molar-refractivity contribution in [3.63, 3.8) is 0 Å². The Morgan fingerprint density at radius 2 is 1.89 bits per heavy atom. The number of thioether (sulfide) groups is 1. The predicted molar refractivity (Wildman–Crippen MR) is 115 cm³/mol. The van der Waals surface area contributed by atoms with Crippen LogP contribution in [0.5, 0.6) is 0 Å². The summed E-state index contributed by atoms with van der Waals surface area (Å²) in [5.74, 6) is -0.700. The standard InChI is InChI=1S/C19H17FIN3O2S/c1-2-24-18(26)16(11-17(25)22-14-9-5-13(21)6-10-14)27-19(24)23-15-7-3-12(20)4-8-15/h3-10,16H,2,11H2,1H3,(H,22,25)/t16-/m1/s1. The van der Waals surface area contributed by atoms with Gasteiger partial charge in [-0.15, -0.1) is 0 Å². The molecule has 0 spiro atoms. The molecule has 0 aromatic heterocycles. The Kier molecular flexibility index (Phi) is 6.48. The Morgan fingerprint density at radius 1 is 1.22 bits per heavy atom. The van der Waals surface area contributed by atoms with Gasteiger partial charge in [-0.2, -0.15) is 0 Å². The summed E-state index contributed by atoms with van der Waals surface area (Å²) in [7, 11) is 0. The van der Waals surface area contributed by atoms with Gasteiger partial charge in [0.2, 0.25) is 11.8 Å². The number of hydrogen-bond donors (Lipinski definition) is 1. The molecule has 0 aliphatic carbocycles. The first-order chi connectivity index (χ1) is 13.0. The second kappa shape index (κ2) is 8.83. The highest BCUT2D eigenvalue weighted by Crippen LogP contribution is 2.31. The lowest BCUT2D eigenvalue weighted by Crippen LogP contribution is -2.33. The molecule has 0 saturated carbocycles. The van der Waals surface area contributed by atoms with Crippen LogP contribution in [0, 0.1) is 9.39 Å². The van der Waals surface area contributed by atoms with E-state index >= 15 is 0 Å². The highest BCUT2D eigenvalue weighted by atomic mass is 127. The number of benzene rings is 2. The number of nitrogens with zero attached hydrogens (tertiary/aromatic N) is 2. The van der Waals surface area contributed by atoms with E-state index in [-0.39, 0.29) is 24.1 Å². The topological polar surface area (TPSA) is 61.8 Å². The number of anilines is 1. The van der Waals surface area contributed by atoms with E-state index in [2.05, 4.69) is 32.9 Å². The van der Waals surface area contributed by atoms with Crippen LogP contribution in [0.3, 0.4) is 0 Å². The largest absolute Gasteiger partial charge is 0.326 e. The number of aliphatic imine (C=N–C) groups is 1. The van der Waals surface area contributed by atoms with Crippen LogP contribution in [0.15, 0.2) is 53.5 Å². The van der Waals surface area contributed by atoms with Crippen LogP contribution in [0.2, 0.25) is 0 Å². The highest BCUT2D eigenvalue weighted by Gasteiger charge is 2.38. The van der Waals surface area contributed by atoms with Crippen LogP contribution in [-0.4, -0.2) is 33.7 Å². The summed E-state index contributed by atoms with van der Waals surface area (Å²) >= 11 is 3.45. The van der Waals surface area contributed by atoms with Gasteiger partial charge in [0, 0.05) is 22.2 Å². The van der Waals surface area contributed by atoms with E-state index in [9.17, 15) is 14.0 Å². The Labute approximate surface area is 174 Å². The molecule has 5 nitrogen and oxygen atoms in total. The van der Waals surface area contributed by atoms with Crippen LogP contribution in [-0.2, 0) is 9.59 Å². The van der Waals surface area contributed by atoms with Gasteiger partial charge in [0.05, 0.1) is 5.69 Å². The van der Waals surface area contributed by atoms with Crippen LogP contribution in [0.1, 0.15) is 13.3 Å². The van der Waals surface area contributed by atoms with E-state index < -0.39 is 5.25 Å². The second-order valence-corrected chi connectivity index (χ2v) is 8.23. The fraction of sp³-hybridized carbons (Fsp3) is 0.211. The van der Waals surface area contributed by atoms with E-state index in [1.807, 2.05) is 31.2 Å². The molecule has 0 radical (unpaired) electrons. The second-order valence-electron chi connectivity index (χ2n) is 5.82. The van der Waals surface area contributed by atoms with Crippen molar-refractivity contribution >= 4 is 62.7 Å². The molecule has 27 heavy (non-hydrogen) atoms. The molecule has 1 aliphatic heterocycles. The van der Waals surface area contributed by atoms with Gasteiger partial charge in [-0.1, -0.05) is 11.8 Å². The Morgan fingerprint density at radius 3 is 2.52 bits per heavy atom. The van der Waals surface area contributed by atoms with Crippen molar-refractivity contribution in [3.05, 3.63) is 57.9 Å². The van der Waals surface area contributed by atoms with Crippen LogP contribution < -0.4 is 5.32 Å². The van der Waals surface area contributed by atoms with Gasteiger partial charge in [-0.3, -0.25) is 14.5 Å². The third kappa shape index (κ3) is 5.07. The van der Waals surface area contributed by atoms with Crippen molar-refractivity contribution < 1.29 is 14.0 Å². The molecule has 140 valence electrons. The normalized spacial score (nSPS) is 18.2. The van der Waals surface area contributed by atoms with Crippen molar-refractivity contribution in [1.82, 2.24) is 4.90 Å². The van der Waals surface area contributed by atoms with Crippen molar-refractivity contribution in [3.8, 4) is 0 Å². The van der Waals surface area contributed by atoms with Crippen LogP contribution in [0.25, 0.3) is 0 Å². The predicted octanol–water partition coefficient (Wildman–Crippen LogP) is 4.41. The zero-order valence-electron chi connectivity index (χ0n) is 14.5. The summed E-state index contributed by atoms with van der Waals surface area (Å²) in [4.78, 5) is 30.9. The van der Waals surface area contributed by atoms with Crippen molar-refractivity contribution in [2.75, 3.05) is 11.9 Å². The number of halogens is 2. The van der Waals surface area contributed by atoms with Gasteiger partial charge in [0.25, 0.3) is 0 Å². The molecule has 8 heteroatoms. The quantitative estimate of drug-likeness (QED) is 0.623. The summed E-state index contributed by atoms with van der Waals surface area (Å²) in [5.41, 5.74) is 1.26. The van der Waals surface area contributed by atoms with E-state index in [0.29, 0.717) is 23.1 Å². The Balaban J connectivity index is 1.69. The minimum Gasteiger partial charge on any atom is -0.326 e. The summed E-state index contributed by atoms with van der Waals surface area (Å²) < 4.78 is 14.1. The van der Waals surface area contributed by atoms with Crippen molar-refractivity contribution in [1.29, 1.82) is 0 Å². The maximum atomic E-state index is 13.0. The molecule has 1 atom stereocenters. The number of carbonyl (C=O) groups is 2. The van der Waals surface area contributed by atoms with Crippen molar-refractivity contribution in [2.45, 2.75) is 18.6 Å². The first-order valence-corrected chi connectivity index (χ1v) is 10.3. The van der Waals surface area contributed by atoms with Gasteiger partial charge in [0.15, 0.2) is 5.17 Å². The van der Waals surface area contributed by atoms with E-state index in [4.69, 9.17) is 0 Å². The molecule has 2 aromatic rings. The maximum Gasteiger partial charge on any atom is 0.242 e. The first kappa shape index (κ1) is 19.8. The molecule has 0 bridgehead atoms. The number of rotatable bonds is 5. The maximum absolute atomic E-state index is 13.0. The van der Waals surface area contributed by atoms with Gasteiger partial charge < -0.3 is 5.32 Å². The van der Waals surface area contributed by atoms with Gasteiger partial charge >= 0.3 is 0 Å². The SMILES string of the molecule is CCN1C(=O)[C@@H](CC(=O)Nc2ccc(I)cc2)SC1=Nc1ccc(F)cc1. The molecule has 0 unspecified atom stereocenters. The van der Waals surface area contributed by atoms with Crippen LogP contribution >= 0.6 is 34.4 Å². The zero-order valence-corrected chi connectivity index (χ0v) is 17.5. The van der Waals surface area contributed by atoms with E-state index in [1.54, 1.807) is 17.0 Å². The monoisotopic (exact) mass is 497 g/mol. The summed E-state index contributed by atoms with van der Waals surface area (Å²) in [6, 6.07) is 13.2. The smallest absolute Gasteiger partial charge is 0.242 e. The summed E-state index contributed by atoms with van der Waals surface area (Å²) in [6.07, 6.45) is 0.0639. The Hall–Kier alpha value is -1.94. The van der Waals surface area contributed by atoms with Gasteiger partial charge in [0.1, 0.15) is 11.1 Å². The average Bonchev–Trinajstić information content (AvgIpc) is 2.93. The highest BCUT2D eigenvalue weighted by molar-refractivity contribution is 14.1. The molecule has 2 amide bonds. The number of amides is 2. The first-order valence-electron chi connectivity index (χ1n) is 8.34. The lowest BCUT2D eigenvalue weighted by Gasteiger charge is -2.13. The Bertz CT molecular complexity index is 872.